The number of carboxylic acids is 2. The van der Waals surface area contributed by atoms with Gasteiger partial charge in [0.1, 0.15) is 11.3 Å². The molecule has 0 amide bonds. The number of carbonyl (C=O) groups is 2. The van der Waals surface area contributed by atoms with Crippen LogP contribution in [0.15, 0.2) is 23.1 Å². The highest BCUT2D eigenvalue weighted by atomic mass is 32.1. The van der Waals surface area contributed by atoms with Crippen LogP contribution < -0.4 is 4.74 Å². The highest BCUT2D eigenvalue weighted by Gasteiger charge is 2.12. The van der Waals surface area contributed by atoms with Gasteiger partial charge in [-0.05, 0) is 18.2 Å². The normalized spacial score (nSPS) is 9.67. The second-order valence-corrected chi connectivity index (χ2v) is 3.18. The summed E-state index contributed by atoms with van der Waals surface area (Å²) in [4.78, 5) is 21.5. The maximum absolute atomic E-state index is 10.8. The van der Waals surface area contributed by atoms with E-state index in [9.17, 15) is 9.59 Å². The molecule has 0 aromatic heterocycles. The Balaban J connectivity index is 2.95. The van der Waals surface area contributed by atoms with Crippen LogP contribution in [-0.4, -0.2) is 28.8 Å². The number of ether oxygens (including phenoxy) is 1. The molecule has 0 unspecified atom stereocenters. The van der Waals surface area contributed by atoms with Crippen molar-refractivity contribution >= 4 is 24.6 Å². The van der Waals surface area contributed by atoms with Crippen molar-refractivity contribution in [1.29, 1.82) is 0 Å². The molecule has 0 aliphatic rings. The lowest BCUT2D eigenvalue weighted by atomic mass is 10.2. The summed E-state index contributed by atoms with van der Waals surface area (Å²) in [5.41, 5.74) is -0.108. The zero-order valence-corrected chi connectivity index (χ0v) is 8.40. The number of thiol groups is 1. The van der Waals surface area contributed by atoms with Gasteiger partial charge in [-0.3, -0.25) is 0 Å². The SMILES string of the molecule is O=C(O)COc1ccc(S)cc1C(=O)O. The molecular weight excluding hydrogens is 220 g/mol. The monoisotopic (exact) mass is 228 g/mol. The molecule has 0 aliphatic carbocycles. The lowest BCUT2D eigenvalue weighted by molar-refractivity contribution is -0.139. The Labute approximate surface area is 90.7 Å². The van der Waals surface area contributed by atoms with Crippen LogP contribution in [0.4, 0.5) is 0 Å². The second-order valence-electron chi connectivity index (χ2n) is 2.67. The van der Waals surface area contributed by atoms with Gasteiger partial charge in [-0.25, -0.2) is 9.59 Å². The number of hydrogen-bond donors (Lipinski definition) is 3. The van der Waals surface area contributed by atoms with Crippen LogP contribution in [0.2, 0.25) is 0 Å². The van der Waals surface area contributed by atoms with E-state index in [-0.39, 0.29) is 11.3 Å². The highest BCUT2D eigenvalue weighted by Crippen LogP contribution is 2.21. The molecule has 0 saturated heterocycles. The van der Waals surface area contributed by atoms with Crippen molar-refractivity contribution in [3.63, 3.8) is 0 Å². The number of carboxylic acid groups (broad SMARTS) is 2. The van der Waals surface area contributed by atoms with E-state index in [4.69, 9.17) is 14.9 Å². The van der Waals surface area contributed by atoms with Gasteiger partial charge in [0.2, 0.25) is 0 Å². The fraction of sp³-hybridized carbons (Fsp3) is 0.111. The van der Waals surface area contributed by atoms with Crippen LogP contribution in [0, 0.1) is 0 Å². The van der Waals surface area contributed by atoms with Crippen molar-refractivity contribution in [2.75, 3.05) is 6.61 Å². The minimum atomic E-state index is -1.19. The van der Waals surface area contributed by atoms with Crippen molar-refractivity contribution in [1.82, 2.24) is 0 Å². The van der Waals surface area contributed by atoms with Crippen molar-refractivity contribution in [2.45, 2.75) is 4.90 Å². The van der Waals surface area contributed by atoms with Gasteiger partial charge >= 0.3 is 11.9 Å². The first-order chi connectivity index (χ1) is 7.00. The summed E-state index contributed by atoms with van der Waals surface area (Å²) in [6, 6.07) is 4.18. The summed E-state index contributed by atoms with van der Waals surface area (Å²) in [6.45, 7) is -0.577. The van der Waals surface area contributed by atoms with Crippen LogP contribution in [0.5, 0.6) is 5.75 Å². The minimum absolute atomic E-state index is 0.0164. The van der Waals surface area contributed by atoms with E-state index in [0.717, 1.165) is 0 Å². The van der Waals surface area contributed by atoms with Crippen LogP contribution in [0.1, 0.15) is 10.4 Å². The summed E-state index contributed by atoms with van der Waals surface area (Å²) in [7, 11) is 0. The molecule has 0 bridgehead atoms. The first-order valence-electron chi connectivity index (χ1n) is 3.91. The first kappa shape index (κ1) is 11.4. The minimum Gasteiger partial charge on any atom is -0.481 e. The predicted molar refractivity (Wildman–Crippen MR) is 53.8 cm³/mol. The maximum Gasteiger partial charge on any atom is 0.341 e. The van der Waals surface area contributed by atoms with Crippen molar-refractivity contribution < 1.29 is 24.5 Å². The third-order valence-electron chi connectivity index (χ3n) is 1.54. The molecule has 15 heavy (non-hydrogen) atoms. The van der Waals surface area contributed by atoms with Gasteiger partial charge in [0.15, 0.2) is 6.61 Å². The molecule has 0 aliphatic heterocycles. The number of hydrogen-bond acceptors (Lipinski definition) is 4. The molecule has 0 saturated carbocycles. The van der Waals surface area contributed by atoms with E-state index in [1.165, 1.54) is 18.2 Å². The topological polar surface area (TPSA) is 83.8 Å². The van der Waals surface area contributed by atoms with E-state index in [1.807, 2.05) is 0 Å². The zero-order chi connectivity index (χ0) is 11.4. The average molecular weight is 228 g/mol. The largest absolute Gasteiger partial charge is 0.481 e. The molecule has 6 heteroatoms. The van der Waals surface area contributed by atoms with Crippen LogP contribution in [0.25, 0.3) is 0 Å². The Hall–Kier alpha value is -1.69. The van der Waals surface area contributed by atoms with E-state index in [2.05, 4.69) is 12.6 Å². The van der Waals surface area contributed by atoms with Gasteiger partial charge in [-0.2, -0.15) is 0 Å². The van der Waals surface area contributed by atoms with Gasteiger partial charge < -0.3 is 14.9 Å². The molecule has 0 radical (unpaired) electrons. The Morgan fingerprint density at radius 3 is 2.53 bits per heavy atom. The molecule has 0 heterocycles. The second kappa shape index (κ2) is 4.70. The Kier molecular flexibility index (Phi) is 3.56. The average Bonchev–Trinajstić information content (AvgIpc) is 2.15. The molecule has 1 aromatic carbocycles. The number of aliphatic carboxylic acids is 1. The lowest BCUT2D eigenvalue weighted by Gasteiger charge is -2.07. The van der Waals surface area contributed by atoms with Crippen LogP contribution in [-0.2, 0) is 4.79 Å². The molecule has 5 nitrogen and oxygen atoms in total. The molecule has 2 N–H and O–H groups in total. The van der Waals surface area contributed by atoms with Crippen molar-refractivity contribution in [3.8, 4) is 5.75 Å². The fourth-order valence-corrected chi connectivity index (χ4v) is 1.15. The van der Waals surface area contributed by atoms with E-state index >= 15 is 0 Å². The maximum atomic E-state index is 10.8. The Bertz CT molecular complexity index is 401. The summed E-state index contributed by atoms with van der Waals surface area (Å²) < 4.78 is 4.80. The first-order valence-corrected chi connectivity index (χ1v) is 4.36. The highest BCUT2D eigenvalue weighted by molar-refractivity contribution is 7.80. The van der Waals surface area contributed by atoms with Gasteiger partial charge in [0, 0.05) is 4.90 Å². The van der Waals surface area contributed by atoms with Crippen LogP contribution in [0.3, 0.4) is 0 Å². The molecule has 1 rings (SSSR count). The summed E-state index contributed by atoms with van der Waals surface area (Å²) >= 11 is 3.97. The van der Waals surface area contributed by atoms with Crippen molar-refractivity contribution in [2.24, 2.45) is 0 Å². The summed E-state index contributed by atoms with van der Waals surface area (Å²) in [5.74, 6) is -2.34. The molecule has 0 spiro atoms. The van der Waals surface area contributed by atoms with Gasteiger partial charge in [-0.1, -0.05) is 0 Å². The Morgan fingerprint density at radius 2 is 2.00 bits per heavy atom. The molecule has 80 valence electrons. The summed E-state index contributed by atoms with van der Waals surface area (Å²) in [6.07, 6.45) is 0. The fourth-order valence-electron chi connectivity index (χ4n) is 0.950. The van der Waals surface area contributed by atoms with Gasteiger partial charge in [0.25, 0.3) is 0 Å². The lowest BCUT2D eigenvalue weighted by Crippen LogP contribution is -2.11. The van der Waals surface area contributed by atoms with Crippen LogP contribution >= 0.6 is 12.6 Å². The smallest absolute Gasteiger partial charge is 0.341 e. The predicted octanol–water partition coefficient (Wildman–Crippen LogP) is 1.14. The molecule has 0 fully saturated rings. The van der Waals surface area contributed by atoms with Crippen molar-refractivity contribution in [3.05, 3.63) is 23.8 Å². The molecular formula is C9H8O5S. The van der Waals surface area contributed by atoms with Gasteiger partial charge in [-0.15, -0.1) is 12.6 Å². The number of aromatic carboxylic acids is 1. The number of rotatable bonds is 4. The van der Waals surface area contributed by atoms with Gasteiger partial charge in [0.05, 0.1) is 0 Å². The van der Waals surface area contributed by atoms with E-state index < -0.39 is 18.5 Å². The molecule has 1 aromatic rings. The summed E-state index contributed by atoms with van der Waals surface area (Å²) in [5, 5.41) is 17.2. The zero-order valence-electron chi connectivity index (χ0n) is 7.51. The standard InChI is InChI=1S/C9H8O5S/c10-8(11)4-14-7-2-1-5(15)3-6(7)9(12)13/h1-3,15H,4H2,(H,10,11)(H,12,13). The third kappa shape index (κ3) is 3.17. The quantitative estimate of drug-likeness (QED) is 0.673. The molecule has 0 atom stereocenters. The van der Waals surface area contributed by atoms with E-state index in [1.54, 1.807) is 0 Å². The Morgan fingerprint density at radius 1 is 1.33 bits per heavy atom. The third-order valence-corrected chi connectivity index (χ3v) is 1.82. The number of benzene rings is 1. The van der Waals surface area contributed by atoms with E-state index in [0.29, 0.717) is 4.90 Å².